The minimum atomic E-state index is -3.76. The van der Waals surface area contributed by atoms with E-state index in [0.717, 1.165) is 12.0 Å². The Morgan fingerprint density at radius 2 is 1.64 bits per heavy atom. The first-order valence-electron chi connectivity index (χ1n) is 7.80. The van der Waals surface area contributed by atoms with Gasteiger partial charge < -0.3 is 9.47 Å². The van der Waals surface area contributed by atoms with Gasteiger partial charge in [0.2, 0.25) is 0 Å². The first-order chi connectivity index (χ1) is 11.8. The van der Waals surface area contributed by atoms with E-state index in [1.807, 2.05) is 12.1 Å². The molecule has 0 bridgehead atoms. The zero-order valence-corrected chi connectivity index (χ0v) is 16.2. The zero-order valence-electron chi connectivity index (χ0n) is 14.7. The van der Waals surface area contributed by atoms with Crippen LogP contribution in [0.1, 0.15) is 19.4 Å². The average molecular weight is 384 g/mol. The molecular weight excluding hydrogens is 362 g/mol. The summed E-state index contributed by atoms with van der Waals surface area (Å²) in [6.45, 7) is 4.23. The molecule has 0 aliphatic heterocycles. The molecule has 0 aromatic heterocycles. The lowest BCUT2D eigenvalue weighted by molar-refractivity contribution is 0.396. The lowest BCUT2D eigenvalue weighted by Crippen LogP contribution is -2.14. The fraction of sp³-hybridized carbons (Fsp3) is 0.333. The maximum Gasteiger partial charge on any atom is 0.262 e. The summed E-state index contributed by atoms with van der Waals surface area (Å²) < 4.78 is 38.1. The molecule has 7 heteroatoms. The summed E-state index contributed by atoms with van der Waals surface area (Å²) in [5, 5.41) is 0.285. The predicted molar refractivity (Wildman–Crippen MR) is 100 cm³/mol. The van der Waals surface area contributed by atoms with Crippen LogP contribution in [0.15, 0.2) is 41.3 Å². The molecule has 0 saturated heterocycles. The molecule has 0 fully saturated rings. The lowest BCUT2D eigenvalue weighted by Gasteiger charge is -2.14. The molecule has 0 aliphatic carbocycles. The first-order valence-corrected chi connectivity index (χ1v) is 9.66. The van der Waals surface area contributed by atoms with Gasteiger partial charge in [0.25, 0.3) is 10.0 Å². The monoisotopic (exact) mass is 383 g/mol. The summed E-state index contributed by atoms with van der Waals surface area (Å²) in [7, 11) is -0.836. The third-order valence-electron chi connectivity index (χ3n) is 3.60. The molecule has 2 aromatic rings. The molecule has 25 heavy (non-hydrogen) atoms. The Balaban J connectivity index is 2.31. The molecular formula is C18H22ClNO4S. The predicted octanol–water partition coefficient (Wildman–Crippen LogP) is 4.36. The van der Waals surface area contributed by atoms with Crippen molar-refractivity contribution in [3.63, 3.8) is 0 Å². The molecule has 0 spiro atoms. The molecule has 0 aliphatic rings. The van der Waals surface area contributed by atoms with E-state index < -0.39 is 10.0 Å². The van der Waals surface area contributed by atoms with Gasteiger partial charge in [0, 0.05) is 6.07 Å². The van der Waals surface area contributed by atoms with Crippen molar-refractivity contribution in [1.29, 1.82) is 0 Å². The Morgan fingerprint density at radius 1 is 1.04 bits per heavy atom. The maximum absolute atomic E-state index is 12.6. The van der Waals surface area contributed by atoms with Gasteiger partial charge in [-0.05, 0) is 36.1 Å². The van der Waals surface area contributed by atoms with Crippen LogP contribution in [0.4, 0.5) is 5.69 Å². The topological polar surface area (TPSA) is 64.6 Å². The second kappa shape index (κ2) is 7.97. The number of hydrogen-bond donors (Lipinski definition) is 1. The van der Waals surface area contributed by atoms with Gasteiger partial charge >= 0.3 is 0 Å². The summed E-state index contributed by atoms with van der Waals surface area (Å²) in [4.78, 5) is 0.175. The van der Waals surface area contributed by atoms with Crippen molar-refractivity contribution in [3.05, 3.63) is 47.0 Å². The number of ether oxygens (including phenoxy) is 2. The largest absolute Gasteiger partial charge is 0.495 e. The smallest absolute Gasteiger partial charge is 0.262 e. The van der Waals surface area contributed by atoms with Gasteiger partial charge in [-0.2, -0.15) is 0 Å². The number of nitrogens with one attached hydrogen (secondary N) is 1. The maximum atomic E-state index is 12.6. The Labute approximate surface area is 154 Å². The zero-order chi connectivity index (χ0) is 18.6. The standard InChI is InChI=1S/C18H22ClNO4S/c1-12(2)9-13-5-7-14(8-6-13)25(21,22)20-16-10-15(19)17(23-3)11-18(16)24-4/h5-8,10-12,20H,9H2,1-4H3. The van der Waals surface area contributed by atoms with E-state index in [1.54, 1.807) is 12.1 Å². The Morgan fingerprint density at radius 3 is 2.16 bits per heavy atom. The van der Waals surface area contributed by atoms with E-state index in [4.69, 9.17) is 21.1 Å². The van der Waals surface area contributed by atoms with E-state index in [0.29, 0.717) is 17.4 Å². The molecule has 0 saturated carbocycles. The van der Waals surface area contributed by atoms with Crippen LogP contribution in [0.3, 0.4) is 0 Å². The third-order valence-corrected chi connectivity index (χ3v) is 5.27. The highest BCUT2D eigenvalue weighted by Crippen LogP contribution is 2.36. The number of benzene rings is 2. The summed E-state index contributed by atoms with van der Waals surface area (Å²) in [5.41, 5.74) is 1.35. The van der Waals surface area contributed by atoms with Crippen molar-refractivity contribution >= 4 is 27.3 Å². The van der Waals surface area contributed by atoms with Crippen LogP contribution in [-0.4, -0.2) is 22.6 Å². The SMILES string of the molecule is COc1cc(OC)c(NS(=O)(=O)c2ccc(CC(C)C)cc2)cc1Cl. The number of hydrogen-bond acceptors (Lipinski definition) is 4. The fourth-order valence-corrected chi connectivity index (χ4v) is 3.72. The summed E-state index contributed by atoms with van der Waals surface area (Å²) in [6, 6.07) is 9.84. The van der Waals surface area contributed by atoms with Gasteiger partial charge in [-0.3, -0.25) is 4.72 Å². The van der Waals surface area contributed by atoms with Gasteiger partial charge in [0.05, 0.1) is 29.8 Å². The molecule has 2 rings (SSSR count). The first kappa shape index (κ1) is 19.4. The third kappa shape index (κ3) is 4.80. The number of anilines is 1. The summed E-state index contributed by atoms with van der Waals surface area (Å²) in [6.07, 6.45) is 0.898. The quantitative estimate of drug-likeness (QED) is 0.771. The Kier molecular flexibility index (Phi) is 6.19. The van der Waals surface area contributed by atoms with Crippen LogP contribution >= 0.6 is 11.6 Å². The van der Waals surface area contributed by atoms with Crippen molar-refractivity contribution < 1.29 is 17.9 Å². The highest BCUT2D eigenvalue weighted by atomic mass is 35.5. The Bertz CT molecular complexity index is 833. The molecule has 5 nitrogen and oxygen atoms in total. The van der Waals surface area contributed by atoms with Crippen LogP contribution in [0.25, 0.3) is 0 Å². The van der Waals surface area contributed by atoms with Gasteiger partial charge in [0.15, 0.2) is 0 Å². The van der Waals surface area contributed by atoms with Gasteiger partial charge in [-0.15, -0.1) is 0 Å². The van der Waals surface area contributed by atoms with Crippen LogP contribution in [0.2, 0.25) is 5.02 Å². The number of halogens is 1. The Hall–Kier alpha value is -1.92. The number of sulfonamides is 1. The van der Waals surface area contributed by atoms with Crippen LogP contribution in [0.5, 0.6) is 11.5 Å². The second-order valence-electron chi connectivity index (χ2n) is 6.03. The molecule has 2 aromatic carbocycles. The van der Waals surface area contributed by atoms with E-state index in [2.05, 4.69) is 18.6 Å². The normalized spacial score (nSPS) is 11.4. The van der Waals surface area contributed by atoms with Crippen molar-refractivity contribution in [3.8, 4) is 11.5 Å². The number of methoxy groups -OCH3 is 2. The molecule has 1 N–H and O–H groups in total. The molecule has 136 valence electrons. The highest BCUT2D eigenvalue weighted by molar-refractivity contribution is 7.92. The molecule has 0 unspecified atom stereocenters. The van der Waals surface area contributed by atoms with Crippen LogP contribution < -0.4 is 14.2 Å². The summed E-state index contributed by atoms with van der Waals surface area (Å²) >= 11 is 6.09. The molecule has 0 amide bonds. The summed E-state index contributed by atoms with van der Waals surface area (Å²) in [5.74, 6) is 1.23. The van der Waals surface area contributed by atoms with Crippen molar-refractivity contribution in [2.75, 3.05) is 18.9 Å². The minimum absolute atomic E-state index is 0.175. The molecule has 0 radical (unpaired) electrons. The molecule has 0 heterocycles. The average Bonchev–Trinajstić information content (AvgIpc) is 2.54. The van der Waals surface area contributed by atoms with Crippen LogP contribution in [0, 0.1) is 5.92 Å². The number of rotatable bonds is 7. The van der Waals surface area contributed by atoms with Crippen molar-refractivity contribution in [1.82, 2.24) is 0 Å². The highest BCUT2D eigenvalue weighted by Gasteiger charge is 2.18. The minimum Gasteiger partial charge on any atom is -0.495 e. The van der Waals surface area contributed by atoms with E-state index in [1.165, 1.54) is 26.4 Å². The van der Waals surface area contributed by atoms with Crippen molar-refractivity contribution in [2.45, 2.75) is 25.2 Å². The fourth-order valence-electron chi connectivity index (χ4n) is 2.42. The second-order valence-corrected chi connectivity index (χ2v) is 8.12. The van der Waals surface area contributed by atoms with E-state index in [9.17, 15) is 8.42 Å². The van der Waals surface area contributed by atoms with Gasteiger partial charge in [-0.1, -0.05) is 37.6 Å². The van der Waals surface area contributed by atoms with Gasteiger partial charge in [-0.25, -0.2) is 8.42 Å². The lowest BCUT2D eigenvalue weighted by atomic mass is 10.0. The van der Waals surface area contributed by atoms with E-state index in [-0.39, 0.29) is 15.6 Å². The van der Waals surface area contributed by atoms with E-state index >= 15 is 0 Å². The van der Waals surface area contributed by atoms with Crippen LogP contribution in [-0.2, 0) is 16.4 Å². The van der Waals surface area contributed by atoms with Gasteiger partial charge in [0.1, 0.15) is 11.5 Å². The van der Waals surface area contributed by atoms with Crippen molar-refractivity contribution in [2.24, 2.45) is 5.92 Å². The molecule has 0 atom stereocenters.